The van der Waals surface area contributed by atoms with Crippen molar-refractivity contribution in [3.8, 4) is 0 Å². The SMILES string of the molecule is CC[C@]12C[C@H](c3ccc(SC)cc3)C3=C4CCC(=O)C=C4CCC3C1CC[C@]2(OC(C)=O)C(C)=O. The van der Waals surface area contributed by atoms with Crippen molar-refractivity contribution in [1.29, 1.82) is 0 Å². The van der Waals surface area contributed by atoms with Gasteiger partial charge >= 0.3 is 5.97 Å². The van der Waals surface area contributed by atoms with Crippen molar-refractivity contribution in [1.82, 2.24) is 0 Å². The van der Waals surface area contributed by atoms with E-state index in [1.54, 1.807) is 18.7 Å². The fourth-order valence-electron chi connectivity index (χ4n) is 8.27. The molecule has 186 valence electrons. The lowest BCUT2D eigenvalue weighted by atomic mass is 9.49. The fraction of sp³-hybridized carbons (Fsp3) is 0.567. The Balaban J connectivity index is 1.72. The van der Waals surface area contributed by atoms with Gasteiger partial charge in [-0.3, -0.25) is 14.4 Å². The van der Waals surface area contributed by atoms with E-state index in [1.165, 1.54) is 34.1 Å². The number of rotatable bonds is 5. The number of ether oxygens (including phenoxy) is 1. The van der Waals surface area contributed by atoms with Crippen LogP contribution in [0.3, 0.4) is 0 Å². The van der Waals surface area contributed by atoms with Crippen LogP contribution in [0.2, 0.25) is 0 Å². The molecule has 0 radical (unpaired) electrons. The van der Waals surface area contributed by atoms with Crippen LogP contribution in [0, 0.1) is 17.3 Å². The number of esters is 1. The molecule has 0 bridgehead atoms. The molecular formula is C30H36O4S. The number of benzene rings is 1. The molecule has 2 fully saturated rings. The van der Waals surface area contributed by atoms with Crippen LogP contribution < -0.4 is 0 Å². The summed E-state index contributed by atoms with van der Waals surface area (Å²) in [5.74, 6) is 0.688. The van der Waals surface area contributed by atoms with Gasteiger partial charge in [-0.05, 0) is 105 Å². The van der Waals surface area contributed by atoms with E-state index in [0.29, 0.717) is 24.7 Å². The van der Waals surface area contributed by atoms with E-state index in [2.05, 4.69) is 37.4 Å². The molecule has 4 nitrogen and oxygen atoms in total. The Hall–Kier alpha value is -2.14. The minimum atomic E-state index is -1.05. The lowest BCUT2D eigenvalue weighted by Gasteiger charge is -2.56. The van der Waals surface area contributed by atoms with E-state index in [9.17, 15) is 14.4 Å². The Morgan fingerprint density at radius 3 is 2.46 bits per heavy atom. The van der Waals surface area contributed by atoms with Crippen LogP contribution in [0.15, 0.2) is 52.0 Å². The first-order valence-corrected chi connectivity index (χ1v) is 14.3. The normalized spacial score (nSPS) is 34.0. The third-order valence-corrected chi connectivity index (χ3v) is 10.3. The highest BCUT2D eigenvalue weighted by molar-refractivity contribution is 7.98. The Morgan fingerprint density at radius 2 is 1.83 bits per heavy atom. The highest BCUT2D eigenvalue weighted by atomic mass is 32.2. The smallest absolute Gasteiger partial charge is 0.303 e. The van der Waals surface area contributed by atoms with Crippen LogP contribution in [0.1, 0.15) is 83.6 Å². The van der Waals surface area contributed by atoms with Gasteiger partial charge in [-0.1, -0.05) is 24.6 Å². The van der Waals surface area contributed by atoms with Gasteiger partial charge < -0.3 is 4.74 Å². The van der Waals surface area contributed by atoms with Gasteiger partial charge in [-0.2, -0.15) is 0 Å². The number of fused-ring (bicyclic) bond motifs is 4. The summed E-state index contributed by atoms with van der Waals surface area (Å²) in [6.07, 6.45) is 10.4. The zero-order chi connectivity index (χ0) is 25.0. The van der Waals surface area contributed by atoms with E-state index < -0.39 is 5.60 Å². The molecule has 0 N–H and O–H groups in total. The molecule has 4 aliphatic carbocycles. The molecule has 5 rings (SSSR count). The predicted octanol–water partition coefficient (Wildman–Crippen LogP) is 6.59. The lowest BCUT2D eigenvalue weighted by molar-refractivity contribution is -0.185. The van der Waals surface area contributed by atoms with Crippen LogP contribution in [-0.2, 0) is 19.1 Å². The monoisotopic (exact) mass is 492 g/mol. The number of allylic oxidation sites excluding steroid dienone is 4. The van der Waals surface area contributed by atoms with Crippen LogP contribution in [0.5, 0.6) is 0 Å². The Kier molecular flexibility index (Phi) is 6.36. The number of hydrogen-bond donors (Lipinski definition) is 0. The predicted molar refractivity (Wildman–Crippen MR) is 138 cm³/mol. The first kappa shape index (κ1) is 24.5. The van der Waals surface area contributed by atoms with E-state index in [-0.39, 0.29) is 28.9 Å². The second kappa shape index (κ2) is 9.06. The molecule has 0 spiro atoms. The molecule has 0 saturated heterocycles. The van der Waals surface area contributed by atoms with Gasteiger partial charge in [-0.15, -0.1) is 11.8 Å². The van der Waals surface area contributed by atoms with E-state index in [0.717, 1.165) is 38.5 Å². The molecule has 0 aromatic heterocycles. The molecule has 1 aromatic carbocycles. The lowest BCUT2D eigenvalue weighted by Crippen LogP contribution is -2.58. The summed E-state index contributed by atoms with van der Waals surface area (Å²) >= 11 is 1.73. The zero-order valence-electron chi connectivity index (χ0n) is 21.3. The molecule has 5 atom stereocenters. The molecule has 4 aliphatic rings. The number of carbonyl (C=O) groups excluding carboxylic acids is 3. The minimum Gasteiger partial charge on any atom is -0.451 e. The van der Waals surface area contributed by atoms with Crippen molar-refractivity contribution in [2.45, 2.75) is 88.6 Å². The van der Waals surface area contributed by atoms with Crippen LogP contribution in [-0.4, -0.2) is 29.4 Å². The maximum Gasteiger partial charge on any atom is 0.303 e. The second-order valence-electron chi connectivity index (χ2n) is 10.9. The molecule has 0 aliphatic heterocycles. The molecule has 35 heavy (non-hydrogen) atoms. The zero-order valence-corrected chi connectivity index (χ0v) is 22.1. The van der Waals surface area contributed by atoms with Gasteiger partial charge in [0.25, 0.3) is 0 Å². The summed E-state index contributed by atoms with van der Waals surface area (Å²) in [7, 11) is 0. The van der Waals surface area contributed by atoms with Gasteiger partial charge in [-0.25, -0.2) is 0 Å². The minimum absolute atomic E-state index is 0.00992. The summed E-state index contributed by atoms with van der Waals surface area (Å²) in [5.41, 5.74) is 3.98. The number of thioether (sulfide) groups is 1. The first-order chi connectivity index (χ1) is 16.8. The van der Waals surface area contributed by atoms with E-state index in [4.69, 9.17) is 4.74 Å². The molecule has 1 aromatic rings. The molecule has 5 heteroatoms. The van der Waals surface area contributed by atoms with Gasteiger partial charge in [0, 0.05) is 29.6 Å². The Labute approximate surface area is 213 Å². The molecule has 2 unspecified atom stereocenters. The molecule has 0 amide bonds. The van der Waals surface area contributed by atoms with Gasteiger partial charge in [0.2, 0.25) is 0 Å². The second-order valence-corrected chi connectivity index (χ2v) is 11.8. The number of carbonyl (C=O) groups is 3. The average Bonchev–Trinajstić information content (AvgIpc) is 3.18. The summed E-state index contributed by atoms with van der Waals surface area (Å²) < 4.78 is 6.08. The van der Waals surface area contributed by atoms with Crippen LogP contribution in [0.4, 0.5) is 0 Å². The number of ketones is 2. The highest BCUT2D eigenvalue weighted by Gasteiger charge is 2.68. The average molecular weight is 493 g/mol. The van der Waals surface area contributed by atoms with Gasteiger partial charge in [0.05, 0.1) is 0 Å². The van der Waals surface area contributed by atoms with Crippen molar-refractivity contribution >= 4 is 29.3 Å². The van der Waals surface area contributed by atoms with E-state index in [1.807, 2.05) is 6.08 Å². The summed E-state index contributed by atoms with van der Waals surface area (Å²) in [4.78, 5) is 39.2. The topological polar surface area (TPSA) is 60.4 Å². The molecular weight excluding hydrogens is 456 g/mol. The van der Waals surface area contributed by atoms with E-state index >= 15 is 0 Å². The van der Waals surface area contributed by atoms with Gasteiger partial charge in [0.1, 0.15) is 0 Å². The Morgan fingerprint density at radius 1 is 1.09 bits per heavy atom. The third kappa shape index (κ3) is 3.68. The first-order valence-electron chi connectivity index (χ1n) is 13.1. The quantitative estimate of drug-likeness (QED) is 0.343. The number of Topliss-reactive ketones (excluding diaryl/α,β-unsaturated/α-hetero) is 1. The molecule has 0 heterocycles. The van der Waals surface area contributed by atoms with Gasteiger partial charge in [0.15, 0.2) is 17.2 Å². The summed E-state index contributed by atoms with van der Waals surface area (Å²) in [6.45, 7) is 5.24. The van der Waals surface area contributed by atoms with Crippen molar-refractivity contribution in [2.24, 2.45) is 17.3 Å². The highest BCUT2D eigenvalue weighted by Crippen LogP contribution is 2.69. The molecule has 2 saturated carbocycles. The Bertz CT molecular complexity index is 1130. The fourth-order valence-corrected chi connectivity index (χ4v) is 8.68. The van der Waals surface area contributed by atoms with Crippen molar-refractivity contribution in [3.05, 3.63) is 52.6 Å². The summed E-state index contributed by atoms with van der Waals surface area (Å²) in [6, 6.07) is 8.86. The van der Waals surface area contributed by atoms with Crippen LogP contribution >= 0.6 is 11.8 Å². The van der Waals surface area contributed by atoms with Crippen molar-refractivity contribution < 1.29 is 19.1 Å². The third-order valence-electron chi connectivity index (χ3n) is 9.60. The van der Waals surface area contributed by atoms with Crippen molar-refractivity contribution in [3.63, 3.8) is 0 Å². The van der Waals surface area contributed by atoms with Crippen LogP contribution in [0.25, 0.3) is 0 Å². The van der Waals surface area contributed by atoms with Crippen molar-refractivity contribution in [2.75, 3.05) is 6.26 Å². The number of hydrogen-bond acceptors (Lipinski definition) is 5. The largest absolute Gasteiger partial charge is 0.451 e. The summed E-state index contributed by atoms with van der Waals surface area (Å²) in [5, 5.41) is 0. The maximum atomic E-state index is 13.3. The standard InChI is InChI=1S/C30H36O4S/c1-5-29-17-26(20-6-10-23(35-4)11-7-20)28-24-13-9-22(33)16-21(24)8-12-25(28)27(29)14-15-30(29,18(2)31)34-19(3)32/h6-7,10-11,16,25-27H,5,8-9,12-15,17H2,1-4H3/t25?,26-,27?,29+,30+/m1/s1. The maximum absolute atomic E-state index is 13.3.